The summed E-state index contributed by atoms with van der Waals surface area (Å²) in [5.74, 6) is -0.739. The first-order valence-corrected chi connectivity index (χ1v) is 4.73. The molecule has 15 heavy (non-hydrogen) atoms. The van der Waals surface area contributed by atoms with Gasteiger partial charge in [-0.05, 0) is 12.3 Å². The van der Waals surface area contributed by atoms with Gasteiger partial charge in [0.25, 0.3) is 0 Å². The van der Waals surface area contributed by atoms with Crippen LogP contribution in [0.5, 0.6) is 0 Å². The predicted molar refractivity (Wildman–Crippen MR) is 54.6 cm³/mol. The molecule has 0 aliphatic carbocycles. The molecule has 0 aromatic carbocycles. The van der Waals surface area contributed by atoms with Crippen LogP contribution in [-0.4, -0.2) is 30.8 Å². The van der Waals surface area contributed by atoms with Gasteiger partial charge < -0.3 is 16.4 Å². The number of nitrogens with one attached hydrogen (secondary N) is 2. The lowest BCUT2D eigenvalue weighted by molar-refractivity contribution is -0.127. The molecular weight excluding hydrogens is 198 g/mol. The van der Waals surface area contributed by atoms with Crippen molar-refractivity contribution < 1.29 is 14.4 Å². The smallest absolute Gasteiger partial charge is 0.240 e. The van der Waals surface area contributed by atoms with E-state index < -0.39 is 17.9 Å². The Morgan fingerprint density at radius 3 is 2.40 bits per heavy atom. The maximum atomic E-state index is 11.2. The Balaban J connectivity index is 4.10. The molecule has 0 fully saturated rings. The molecule has 0 bridgehead atoms. The molecule has 0 unspecified atom stereocenters. The van der Waals surface area contributed by atoms with Crippen molar-refractivity contribution in [3.05, 3.63) is 0 Å². The first-order chi connectivity index (χ1) is 6.97. The second-order valence-electron chi connectivity index (χ2n) is 3.65. The van der Waals surface area contributed by atoms with Crippen molar-refractivity contribution in [3.63, 3.8) is 0 Å². The Labute approximate surface area is 88.6 Å². The van der Waals surface area contributed by atoms with Gasteiger partial charge in [0.1, 0.15) is 6.04 Å². The number of hydrogen-bond acceptors (Lipinski definition) is 3. The van der Waals surface area contributed by atoms with Crippen molar-refractivity contribution in [1.82, 2.24) is 10.6 Å². The zero-order valence-corrected chi connectivity index (χ0v) is 8.95. The van der Waals surface area contributed by atoms with Crippen molar-refractivity contribution >= 4 is 18.2 Å². The van der Waals surface area contributed by atoms with E-state index in [4.69, 9.17) is 5.73 Å². The zero-order chi connectivity index (χ0) is 11.8. The number of amides is 3. The van der Waals surface area contributed by atoms with Crippen LogP contribution < -0.4 is 16.4 Å². The number of hydrogen-bond donors (Lipinski definition) is 3. The summed E-state index contributed by atoms with van der Waals surface area (Å²) in [4.78, 5) is 32.0. The zero-order valence-electron chi connectivity index (χ0n) is 8.95. The molecular formula is C9H17N3O3. The molecule has 6 heteroatoms. The molecule has 0 saturated heterocycles. The summed E-state index contributed by atoms with van der Waals surface area (Å²) in [5.41, 5.74) is 5.12. The normalized spacial score (nSPS) is 11.9. The summed E-state index contributed by atoms with van der Waals surface area (Å²) < 4.78 is 0. The lowest BCUT2D eigenvalue weighted by Crippen LogP contribution is -2.47. The third kappa shape index (κ3) is 6.48. The van der Waals surface area contributed by atoms with Crippen LogP contribution in [0.3, 0.4) is 0 Å². The monoisotopic (exact) mass is 215 g/mol. The summed E-state index contributed by atoms with van der Waals surface area (Å²) in [6, 6.07) is -0.675. The molecule has 0 saturated carbocycles. The quantitative estimate of drug-likeness (QED) is 0.462. The van der Waals surface area contributed by atoms with Crippen LogP contribution in [0.2, 0.25) is 0 Å². The van der Waals surface area contributed by atoms with E-state index in [1.165, 1.54) is 0 Å². The number of carbonyl (C=O) groups excluding carboxylic acids is 3. The van der Waals surface area contributed by atoms with E-state index >= 15 is 0 Å². The van der Waals surface area contributed by atoms with Crippen molar-refractivity contribution in [2.24, 2.45) is 11.7 Å². The maximum Gasteiger partial charge on any atom is 0.240 e. The highest BCUT2D eigenvalue weighted by Crippen LogP contribution is 2.03. The van der Waals surface area contributed by atoms with Gasteiger partial charge in [-0.25, -0.2) is 0 Å². The molecule has 0 aliphatic rings. The van der Waals surface area contributed by atoms with Gasteiger partial charge in [-0.2, -0.15) is 0 Å². The largest absolute Gasteiger partial charge is 0.368 e. The summed E-state index contributed by atoms with van der Waals surface area (Å²) in [6.45, 7) is 3.70. The summed E-state index contributed by atoms with van der Waals surface area (Å²) in [5, 5.41) is 4.65. The summed E-state index contributed by atoms with van der Waals surface area (Å²) in [6.07, 6.45) is 0.906. The molecule has 0 spiro atoms. The number of rotatable bonds is 7. The molecule has 4 N–H and O–H groups in total. The SMILES string of the molecule is CC(C)C[C@H](NC(=O)CNC=O)C(N)=O. The highest BCUT2D eigenvalue weighted by atomic mass is 16.2. The minimum atomic E-state index is -0.675. The Bertz CT molecular complexity index is 241. The summed E-state index contributed by atoms with van der Waals surface area (Å²) in [7, 11) is 0. The van der Waals surface area contributed by atoms with E-state index in [1.54, 1.807) is 0 Å². The highest BCUT2D eigenvalue weighted by molar-refractivity contribution is 5.87. The van der Waals surface area contributed by atoms with Crippen LogP contribution >= 0.6 is 0 Å². The fourth-order valence-electron chi connectivity index (χ4n) is 1.10. The van der Waals surface area contributed by atoms with Crippen LogP contribution in [0.1, 0.15) is 20.3 Å². The van der Waals surface area contributed by atoms with Gasteiger partial charge in [0.2, 0.25) is 18.2 Å². The first kappa shape index (κ1) is 13.4. The molecule has 0 radical (unpaired) electrons. The molecule has 0 heterocycles. The average molecular weight is 215 g/mol. The van der Waals surface area contributed by atoms with E-state index in [9.17, 15) is 14.4 Å². The molecule has 86 valence electrons. The Kier molecular flexibility index (Phi) is 6.08. The van der Waals surface area contributed by atoms with E-state index in [0.717, 1.165) is 0 Å². The molecule has 3 amide bonds. The maximum absolute atomic E-state index is 11.2. The molecule has 6 nitrogen and oxygen atoms in total. The second-order valence-corrected chi connectivity index (χ2v) is 3.65. The highest BCUT2D eigenvalue weighted by Gasteiger charge is 2.18. The average Bonchev–Trinajstić information content (AvgIpc) is 2.12. The second kappa shape index (κ2) is 6.80. The van der Waals surface area contributed by atoms with Crippen molar-refractivity contribution in [3.8, 4) is 0 Å². The van der Waals surface area contributed by atoms with Gasteiger partial charge in [0.15, 0.2) is 0 Å². The molecule has 1 atom stereocenters. The predicted octanol–water partition coefficient (Wildman–Crippen LogP) is -1.25. The van der Waals surface area contributed by atoms with E-state index in [0.29, 0.717) is 12.8 Å². The Hall–Kier alpha value is -1.59. The minimum absolute atomic E-state index is 0.147. The van der Waals surface area contributed by atoms with Crippen molar-refractivity contribution in [2.75, 3.05) is 6.54 Å². The number of carbonyl (C=O) groups is 3. The van der Waals surface area contributed by atoms with Crippen LogP contribution in [0.4, 0.5) is 0 Å². The van der Waals surface area contributed by atoms with Crippen molar-refractivity contribution in [2.45, 2.75) is 26.3 Å². The lowest BCUT2D eigenvalue weighted by atomic mass is 10.0. The fraction of sp³-hybridized carbons (Fsp3) is 0.667. The van der Waals surface area contributed by atoms with Crippen LogP contribution in [-0.2, 0) is 14.4 Å². The number of primary amides is 1. The third-order valence-corrected chi connectivity index (χ3v) is 1.73. The number of nitrogens with two attached hydrogens (primary N) is 1. The van der Waals surface area contributed by atoms with Crippen LogP contribution in [0, 0.1) is 5.92 Å². The van der Waals surface area contributed by atoms with Crippen molar-refractivity contribution in [1.29, 1.82) is 0 Å². The van der Waals surface area contributed by atoms with E-state index in [1.807, 2.05) is 13.8 Å². The van der Waals surface area contributed by atoms with Gasteiger partial charge in [0.05, 0.1) is 6.54 Å². The van der Waals surface area contributed by atoms with Gasteiger partial charge >= 0.3 is 0 Å². The topological polar surface area (TPSA) is 101 Å². The Morgan fingerprint density at radius 2 is 2.00 bits per heavy atom. The molecule has 0 aromatic heterocycles. The van der Waals surface area contributed by atoms with Gasteiger partial charge in [-0.15, -0.1) is 0 Å². The van der Waals surface area contributed by atoms with Gasteiger partial charge in [0, 0.05) is 0 Å². The third-order valence-electron chi connectivity index (χ3n) is 1.73. The first-order valence-electron chi connectivity index (χ1n) is 4.73. The fourth-order valence-corrected chi connectivity index (χ4v) is 1.10. The van der Waals surface area contributed by atoms with Crippen LogP contribution in [0.15, 0.2) is 0 Å². The lowest BCUT2D eigenvalue weighted by Gasteiger charge is -2.17. The van der Waals surface area contributed by atoms with Gasteiger partial charge in [-0.1, -0.05) is 13.8 Å². The standard InChI is InChI=1S/C9H17N3O3/c1-6(2)3-7(9(10)15)12-8(14)4-11-5-13/h5-7H,3-4H2,1-2H3,(H2,10,15)(H,11,13)(H,12,14)/t7-/m0/s1. The molecule has 0 aliphatic heterocycles. The molecule has 0 rings (SSSR count). The van der Waals surface area contributed by atoms with E-state index in [-0.39, 0.29) is 12.5 Å². The molecule has 0 aromatic rings. The summed E-state index contributed by atoms with van der Waals surface area (Å²) >= 11 is 0. The van der Waals surface area contributed by atoms with Crippen LogP contribution in [0.25, 0.3) is 0 Å². The minimum Gasteiger partial charge on any atom is -0.368 e. The van der Waals surface area contributed by atoms with E-state index in [2.05, 4.69) is 10.6 Å². The van der Waals surface area contributed by atoms with Gasteiger partial charge in [-0.3, -0.25) is 14.4 Å². The Morgan fingerprint density at radius 1 is 1.40 bits per heavy atom.